The second kappa shape index (κ2) is 4.61. The molecule has 0 spiro atoms. The van der Waals surface area contributed by atoms with Crippen LogP contribution in [0.15, 0.2) is 24.3 Å². The van der Waals surface area contributed by atoms with E-state index in [2.05, 4.69) is 0 Å². The summed E-state index contributed by atoms with van der Waals surface area (Å²) in [6.07, 6.45) is 0. The molecule has 1 aromatic rings. The minimum Gasteiger partial charge on any atom is -0.326 e. The van der Waals surface area contributed by atoms with Gasteiger partial charge >= 0.3 is 0 Å². The zero-order valence-electron chi connectivity index (χ0n) is 6.84. The summed E-state index contributed by atoms with van der Waals surface area (Å²) in [6.45, 7) is 0.425. The van der Waals surface area contributed by atoms with Crippen LogP contribution in [0.1, 0.15) is 16.5 Å². The molecule has 0 saturated carbocycles. The van der Waals surface area contributed by atoms with E-state index in [1.807, 2.05) is 6.07 Å². The van der Waals surface area contributed by atoms with Crippen LogP contribution in [0.3, 0.4) is 0 Å². The van der Waals surface area contributed by atoms with E-state index < -0.39 is 10.6 Å². The summed E-state index contributed by atoms with van der Waals surface area (Å²) in [5.41, 5.74) is 7.05. The molecule has 1 aromatic carbocycles. The highest BCUT2D eigenvalue weighted by Gasteiger charge is 2.14. The summed E-state index contributed by atoms with van der Waals surface area (Å²) in [4.78, 5) is 10.7. The van der Waals surface area contributed by atoms with E-state index in [9.17, 15) is 4.79 Å². The minimum absolute atomic E-state index is 0.425. The van der Waals surface area contributed by atoms with E-state index in [0.717, 1.165) is 5.56 Å². The molecule has 1 atom stereocenters. The zero-order valence-corrected chi connectivity index (χ0v) is 8.35. The molecule has 0 amide bonds. The standard InChI is InChI=1S/C9H9Cl2NO/c10-8(9(11)13)7-3-1-2-6(4-7)5-12/h1-4,8H,5,12H2. The van der Waals surface area contributed by atoms with Crippen molar-refractivity contribution in [2.75, 3.05) is 0 Å². The Morgan fingerprint density at radius 2 is 2.23 bits per heavy atom. The van der Waals surface area contributed by atoms with Crippen LogP contribution in [0.4, 0.5) is 0 Å². The number of alkyl halides is 1. The molecule has 1 rings (SSSR count). The number of carbonyl (C=O) groups is 1. The average molecular weight is 218 g/mol. The van der Waals surface area contributed by atoms with Gasteiger partial charge in [0.15, 0.2) is 0 Å². The third-order valence-corrected chi connectivity index (χ3v) is 2.46. The van der Waals surface area contributed by atoms with E-state index in [-0.39, 0.29) is 0 Å². The molecule has 0 fully saturated rings. The van der Waals surface area contributed by atoms with Crippen molar-refractivity contribution in [2.45, 2.75) is 11.9 Å². The third-order valence-electron chi connectivity index (χ3n) is 1.68. The van der Waals surface area contributed by atoms with Gasteiger partial charge in [0, 0.05) is 6.54 Å². The molecular formula is C9H9Cl2NO. The molecule has 0 aromatic heterocycles. The van der Waals surface area contributed by atoms with Crippen molar-refractivity contribution in [2.24, 2.45) is 5.73 Å². The van der Waals surface area contributed by atoms with Crippen LogP contribution in [0, 0.1) is 0 Å². The Hall–Kier alpha value is -0.570. The average Bonchev–Trinajstić information content (AvgIpc) is 2.16. The van der Waals surface area contributed by atoms with Gasteiger partial charge in [-0.3, -0.25) is 4.79 Å². The molecule has 0 heterocycles. The molecule has 0 aliphatic carbocycles. The predicted octanol–water partition coefficient (Wildman–Crippen LogP) is 2.19. The number of nitrogens with two attached hydrogens (primary N) is 1. The van der Waals surface area contributed by atoms with Gasteiger partial charge in [0.2, 0.25) is 5.24 Å². The van der Waals surface area contributed by atoms with Crippen LogP contribution < -0.4 is 5.73 Å². The van der Waals surface area contributed by atoms with E-state index in [1.165, 1.54) is 0 Å². The van der Waals surface area contributed by atoms with Gasteiger partial charge in [0.25, 0.3) is 0 Å². The molecule has 2 nitrogen and oxygen atoms in total. The fraction of sp³-hybridized carbons (Fsp3) is 0.222. The van der Waals surface area contributed by atoms with Gasteiger partial charge in [-0.05, 0) is 22.7 Å². The molecule has 0 bridgehead atoms. The number of halogens is 2. The largest absolute Gasteiger partial charge is 0.326 e. The van der Waals surface area contributed by atoms with Crippen molar-refractivity contribution in [1.82, 2.24) is 0 Å². The second-order valence-corrected chi connectivity index (χ2v) is 3.42. The monoisotopic (exact) mass is 217 g/mol. The van der Waals surface area contributed by atoms with Gasteiger partial charge in [-0.2, -0.15) is 0 Å². The van der Waals surface area contributed by atoms with E-state index >= 15 is 0 Å². The third kappa shape index (κ3) is 2.69. The van der Waals surface area contributed by atoms with Crippen molar-refractivity contribution in [3.05, 3.63) is 35.4 Å². The minimum atomic E-state index is -0.784. The summed E-state index contributed by atoms with van der Waals surface area (Å²) in [7, 11) is 0. The summed E-state index contributed by atoms with van der Waals surface area (Å²) in [5.74, 6) is 0. The maximum absolute atomic E-state index is 10.7. The molecular weight excluding hydrogens is 209 g/mol. The lowest BCUT2D eigenvalue weighted by Gasteiger charge is -2.05. The lowest BCUT2D eigenvalue weighted by molar-refractivity contribution is -0.111. The fourth-order valence-electron chi connectivity index (χ4n) is 1.01. The van der Waals surface area contributed by atoms with Crippen molar-refractivity contribution in [3.63, 3.8) is 0 Å². The Balaban J connectivity index is 2.94. The molecule has 70 valence electrons. The summed E-state index contributed by atoms with van der Waals surface area (Å²) < 4.78 is 0. The zero-order chi connectivity index (χ0) is 9.84. The maximum atomic E-state index is 10.7. The summed E-state index contributed by atoms with van der Waals surface area (Å²) in [5, 5.41) is -1.36. The Kier molecular flexibility index (Phi) is 3.72. The lowest BCUT2D eigenvalue weighted by atomic mass is 10.1. The maximum Gasteiger partial charge on any atom is 0.244 e. The van der Waals surface area contributed by atoms with Crippen molar-refractivity contribution in [1.29, 1.82) is 0 Å². The SMILES string of the molecule is NCc1cccc(C(Cl)C(=O)Cl)c1. The van der Waals surface area contributed by atoms with Crippen LogP contribution >= 0.6 is 23.2 Å². The summed E-state index contributed by atoms with van der Waals surface area (Å²) in [6, 6.07) is 7.19. The molecule has 0 aliphatic heterocycles. The van der Waals surface area contributed by atoms with Crippen LogP contribution in [0.5, 0.6) is 0 Å². The van der Waals surface area contributed by atoms with E-state index in [1.54, 1.807) is 18.2 Å². The van der Waals surface area contributed by atoms with Gasteiger partial charge in [-0.15, -0.1) is 11.6 Å². The molecule has 0 saturated heterocycles. The Bertz CT molecular complexity index is 314. The van der Waals surface area contributed by atoms with Gasteiger partial charge < -0.3 is 5.73 Å². The number of hydrogen-bond donors (Lipinski definition) is 1. The van der Waals surface area contributed by atoms with Crippen molar-refractivity contribution < 1.29 is 4.79 Å². The quantitative estimate of drug-likeness (QED) is 0.624. The van der Waals surface area contributed by atoms with Gasteiger partial charge in [-0.25, -0.2) is 0 Å². The first-order valence-corrected chi connectivity index (χ1v) is 4.59. The number of benzene rings is 1. The first-order chi connectivity index (χ1) is 6.15. The topological polar surface area (TPSA) is 43.1 Å². The summed E-state index contributed by atoms with van der Waals surface area (Å²) >= 11 is 11.0. The molecule has 1 unspecified atom stereocenters. The normalized spacial score (nSPS) is 12.5. The number of rotatable bonds is 3. The molecule has 4 heteroatoms. The lowest BCUT2D eigenvalue weighted by Crippen LogP contribution is -2.01. The molecule has 0 radical (unpaired) electrons. The Morgan fingerprint density at radius 3 is 2.77 bits per heavy atom. The number of hydrogen-bond acceptors (Lipinski definition) is 2. The second-order valence-electron chi connectivity index (χ2n) is 2.62. The highest BCUT2D eigenvalue weighted by molar-refractivity contribution is 6.68. The van der Waals surface area contributed by atoms with E-state index in [4.69, 9.17) is 28.9 Å². The van der Waals surface area contributed by atoms with Gasteiger partial charge in [0.1, 0.15) is 5.38 Å². The van der Waals surface area contributed by atoms with Crippen LogP contribution in [-0.4, -0.2) is 5.24 Å². The smallest absolute Gasteiger partial charge is 0.244 e. The predicted molar refractivity (Wildman–Crippen MR) is 53.8 cm³/mol. The molecule has 0 aliphatic rings. The van der Waals surface area contributed by atoms with Crippen LogP contribution in [-0.2, 0) is 11.3 Å². The Morgan fingerprint density at radius 1 is 1.54 bits per heavy atom. The van der Waals surface area contributed by atoms with Gasteiger partial charge in [-0.1, -0.05) is 24.3 Å². The first-order valence-electron chi connectivity index (χ1n) is 3.77. The van der Waals surface area contributed by atoms with Crippen LogP contribution in [0.25, 0.3) is 0 Å². The van der Waals surface area contributed by atoms with Crippen molar-refractivity contribution >= 4 is 28.4 Å². The first kappa shape index (κ1) is 10.5. The fourth-order valence-corrected chi connectivity index (χ4v) is 1.27. The number of carbonyl (C=O) groups excluding carboxylic acids is 1. The highest BCUT2D eigenvalue weighted by atomic mass is 35.5. The van der Waals surface area contributed by atoms with E-state index in [0.29, 0.717) is 12.1 Å². The molecule has 13 heavy (non-hydrogen) atoms. The van der Waals surface area contributed by atoms with Crippen LogP contribution in [0.2, 0.25) is 0 Å². The van der Waals surface area contributed by atoms with Gasteiger partial charge in [0.05, 0.1) is 0 Å². The Labute approximate surface area is 86.6 Å². The highest BCUT2D eigenvalue weighted by Crippen LogP contribution is 2.23. The van der Waals surface area contributed by atoms with Crippen molar-refractivity contribution in [3.8, 4) is 0 Å². The molecule has 2 N–H and O–H groups in total.